The van der Waals surface area contributed by atoms with Gasteiger partial charge in [-0.15, -0.1) is 0 Å². The third-order valence-corrected chi connectivity index (χ3v) is 1.60. The van der Waals surface area contributed by atoms with Gasteiger partial charge in [-0.3, -0.25) is 0 Å². The van der Waals surface area contributed by atoms with E-state index in [1.54, 1.807) is 0 Å². The summed E-state index contributed by atoms with van der Waals surface area (Å²) >= 11 is 0. The third-order valence-electron chi connectivity index (χ3n) is 1.60. The van der Waals surface area contributed by atoms with Crippen LogP contribution in [-0.2, 0) is 0 Å². The summed E-state index contributed by atoms with van der Waals surface area (Å²) in [7, 11) is 0. The number of nitrogens with zero attached hydrogens (tertiary/aromatic N) is 2. The molecule has 2 nitrogen and oxygen atoms in total. The summed E-state index contributed by atoms with van der Waals surface area (Å²) in [5, 5.41) is 4.24. The first-order valence-corrected chi connectivity index (χ1v) is 4.42. The fourth-order valence-corrected chi connectivity index (χ4v) is 0.914. The lowest BCUT2D eigenvalue weighted by atomic mass is 10.3. The average Bonchev–Trinajstić information content (AvgIpc) is 2.14. The number of pyridine rings is 1. The van der Waals surface area contributed by atoms with E-state index in [-0.39, 0.29) is 0 Å². The maximum Gasteiger partial charge on any atom is 0.202 e. The molecule has 0 unspecified atom stereocenters. The summed E-state index contributed by atoms with van der Waals surface area (Å²) in [4.78, 5) is 0. The smallest absolute Gasteiger partial charge is 0.0654 e. The summed E-state index contributed by atoms with van der Waals surface area (Å²) in [6.07, 6.45) is 9.34. The van der Waals surface area contributed by atoms with Crippen LogP contribution in [0.1, 0.15) is 26.2 Å². The summed E-state index contributed by atoms with van der Waals surface area (Å²) < 4.78 is 1.82. The van der Waals surface area contributed by atoms with Crippen LogP contribution in [0.3, 0.4) is 0 Å². The summed E-state index contributed by atoms with van der Waals surface area (Å²) in [5.41, 5.74) is 0. The summed E-state index contributed by atoms with van der Waals surface area (Å²) in [6, 6.07) is 5.92. The zero-order chi connectivity index (χ0) is 8.65. The van der Waals surface area contributed by atoms with Gasteiger partial charge in [-0.25, -0.2) is 0 Å². The molecule has 1 aromatic rings. The molecule has 0 amide bonds. The highest BCUT2D eigenvalue weighted by molar-refractivity contribution is 5.55. The first kappa shape index (κ1) is 8.91. The van der Waals surface area contributed by atoms with Gasteiger partial charge in [-0.1, -0.05) is 24.1 Å². The van der Waals surface area contributed by atoms with Crippen molar-refractivity contribution in [3.8, 4) is 0 Å². The third kappa shape index (κ3) is 3.28. The molecule has 0 aromatic carbocycles. The van der Waals surface area contributed by atoms with Gasteiger partial charge in [0.05, 0.1) is 6.21 Å². The highest BCUT2D eigenvalue weighted by Crippen LogP contribution is 1.88. The van der Waals surface area contributed by atoms with Gasteiger partial charge in [-0.2, -0.15) is 0 Å². The van der Waals surface area contributed by atoms with Crippen molar-refractivity contribution < 1.29 is 4.68 Å². The van der Waals surface area contributed by atoms with Crippen LogP contribution in [0.5, 0.6) is 0 Å². The predicted molar refractivity (Wildman–Crippen MR) is 50.1 cm³/mol. The minimum absolute atomic E-state index is 1.07. The highest BCUT2D eigenvalue weighted by atomic mass is 15.3. The number of hydrogen-bond donors (Lipinski definition) is 0. The largest absolute Gasteiger partial charge is 0.202 e. The SMILES string of the molecule is CCCCC=N[n+]1ccccc1. The highest BCUT2D eigenvalue weighted by Gasteiger charge is 1.89. The van der Waals surface area contributed by atoms with E-state index in [0.29, 0.717) is 0 Å². The van der Waals surface area contributed by atoms with Crippen molar-refractivity contribution >= 4 is 6.21 Å². The molecule has 1 aromatic heterocycles. The second-order valence-electron chi connectivity index (χ2n) is 2.70. The minimum atomic E-state index is 1.07. The van der Waals surface area contributed by atoms with Crippen molar-refractivity contribution in [1.29, 1.82) is 0 Å². The van der Waals surface area contributed by atoms with Crippen molar-refractivity contribution in [1.82, 2.24) is 0 Å². The standard InChI is InChI=1S/C10H15N2/c1-2-3-5-8-11-12-9-6-4-7-10-12/h4,6-10H,2-3,5H2,1H3/q+1. The lowest BCUT2D eigenvalue weighted by Gasteiger charge is -1.85. The maximum absolute atomic E-state index is 4.24. The molecule has 64 valence electrons. The quantitative estimate of drug-likeness (QED) is 0.367. The minimum Gasteiger partial charge on any atom is -0.0654 e. The first-order chi connectivity index (χ1) is 5.93. The van der Waals surface area contributed by atoms with Crippen molar-refractivity contribution in [2.45, 2.75) is 26.2 Å². The molecule has 2 heteroatoms. The second-order valence-corrected chi connectivity index (χ2v) is 2.70. The Labute approximate surface area is 73.6 Å². The van der Waals surface area contributed by atoms with Crippen LogP contribution in [0.2, 0.25) is 0 Å². The Bertz CT molecular complexity index is 229. The Hall–Kier alpha value is -1.18. The van der Waals surface area contributed by atoms with E-state index in [4.69, 9.17) is 0 Å². The Morgan fingerprint density at radius 3 is 2.67 bits per heavy atom. The van der Waals surface area contributed by atoms with Crippen molar-refractivity contribution in [3.05, 3.63) is 30.6 Å². The van der Waals surface area contributed by atoms with E-state index in [2.05, 4.69) is 12.0 Å². The van der Waals surface area contributed by atoms with Gasteiger partial charge in [0, 0.05) is 12.1 Å². The van der Waals surface area contributed by atoms with Crippen LogP contribution >= 0.6 is 0 Å². The molecule has 0 aliphatic rings. The van der Waals surface area contributed by atoms with Gasteiger partial charge in [0.2, 0.25) is 12.4 Å². The van der Waals surface area contributed by atoms with Gasteiger partial charge >= 0.3 is 0 Å². The van der Waals surface area contributed by atoms with E-state index in [1.165, 1.54) is 12.8 Å². The zero-order valence-corrected chi connectivity index (χ0v) is 7.48. The molecule has 0 bridgehead atoms. The molecule has 0 radical (unpaired) electrons. The van der Waals surface area contributed by atoms with E-state index >= 15 is 0 Å². The lowest BCUT2D eigenvalue weighted by molar-refractivity contribution is -0.678. The van der Waals surface area contributed by atoms with Crippen molar-refractivity contribution in [2.75, 3.05) is 0 Å². The van der Waals surface area contributed by atoms with Gasteiger partial charge in [0.15, 0.2) is 0 Å². The summed E-state index contributed by atoms with van der Waals surface area (Å²) in [6.45, 7) is 2.18. The van der Waals surface area contributed by atoms with Crippen LogP contribution < -0.4 is 4.68 Å². The zero-order valence-electron chi connectivity index (χ0n) is 7.48. The fourth-order valence-electron chi connectivity index (χ4n) is 0.914. The number of aromatic nitrogens is 1. The molecular formula is C10H15N2+. The number of rotatable bonds is 4. The predicted octanol–water partition coefficient (Wildman–Crippen LogP) is 2.00. The van der Waals surface area contributed by atoms with Crippen LogP contribution in [0.4, 0.5) is 0 Å². The van der Waals surface area contributed by atoms with Crippen LogP contribution in [0.15, 0.2) is 35.7 Å². The Kier molecular flexibility index (Phi) is 4.06. The molecule has 0 atom stereocenters. The van der Waals surface area contributed by atoms with Crippen LogP contribution in [0, 0.1) is 0 Å². The molecular weight excluding hydrogens is 148 g/mol. The second kappa shape index (κ2) is 5.47. The van der Waals surface area contributed by atoms with Gasteiger partial charge in [-0.05, 0) is 17.9 Å². The van der Waals surface area contributed by atoms with E-state index in [9.17, 15) is 0 Å². The Morgan fingerprint density at radius 1 is 1.25 bits per heavy atom. The van der Waals surface area contributed by atoms with E-state index in [1.807, 2.05) is 41.5 Å². The summed E-state index contributed by atoms with van der Waals surface area (Å²) in [5.74, 6) is 0. The molecule has 0 N–H and O–H groups in total. The normalized spacial score (nSPS) is 10.8. The topological polar surface area (TPSA) is 16.2 Å². The van der Waals surface area contributed by atoms with Gasteiger partial charge < -0.3 is 0 Å². The van der Waals surface area contributed by atoms with Gasteiger partial charge in [0.25, 0.3) is 0 Å². The van der Waals surface area contributed by atoms with Crippen molar-refractivity contribution in [3.63, 3.8) is 0 Å². The number of unbranched alkanes of at least 4 members (excludes halogenated alkanes) is 2. The molecule has 0 saturated heterocycles. The van der Waals surface area contributed by atoms with E-state index in [0.717, 1.165) is 6.42 Å². The molecule has 0 aliphatic carbocycles. The average molecular weight is 163 g/mol. The van der Waals surface area contributed by atoms with Gasteiger partial charge in [0.1, 0.15) is 0 Å². The van der Waals surface area contributed by atoms with E-state index < -0.39 is 0 Å². The molecule has 12 heavy (non-hydrogen) atoms. The Morgan fingerprint density at radius 2 is 2.00 bits per heavy atom. The molecule has 0 aliphatic heterocycles. The first-order valence-electron chi connectivity index (χ1n) is 4.42. The molecule has 1 rings (SSSR count). The fraction of sp³-hybridized carbons (Fsp3) is 0.400. The molecule has 0 spiro atoms. The maximum atomic E-state index is 4.24. The van der Waals surface area contributed by atoms with Crippen LogP contribution in [-0.4, -0.2) is 6.21 Å². The van der Waals surface area contributed by atoms with Crippen LogP contribution in [0.25, 0.3) is 0 Å². The van der Waals surface area contributed by atoms with Crippen molar-refractivity contribution in [2.24, 2.45) is 5.10 Å². The molecule has 0 fully saturated rings. The lowest BCUT2D eigenvalue weighted by Crippen LogP contribution is -2.25. The molecule has 1 heterocycles. The molecule has 0 saturated carbocycles. The Balaban J connectivity index is 2.36. The number of hydrogen-bond acceptors (Lipinski definition) is 1. The monoisotopic (exact) mass is 163 g/mol.